The number of aromatic nitrogens is 2. The van der Waals surface area contributed by atoms with Crippen LogP contribution >= 0.6 is 23.5 Å². The van der Waals surface area contributed by atoms with E-state index in [1.165, 1.54) is 12.1 Å². The number of hydrogen-bond acceptors (Lipinski definition) is 6. The first kappa shape index (κ1) is 15.1. The second-order valence-electron chi connectivity index (χ2n) is 4.92. The Hall–Kier alpha value is -1.80. The van der Waals surface area contributed by atoms with Crippen LogP contribution in [0.15, 0.2) is 45.2 Å². The van der Waals surface area contributed by atoms with Crippen molar-refractivity contribution in [3.63, 3.8) is 0 Å². The van der Waals surface area contributed by atoms with Crippen molar-refractivity contribution < 1.29 is 4.92 Å². The highest BCUT2D eigenvalue weighted by atomic mass is 32.2. The molecule has 1 aliphatic rings. The summed E-state index contributed by atoms with van der Waals surface area (Å²) in [7, 11) is 0. The molecular formula is C14H13N3O3S2. The third-order valence-corrected chi connectivity index (χ3v) is 5.64. The molecule has 1 aromatic carbocycles. The maximum atomic E-state index is 11.4. The van der Waals surface area contributed by atoms with Gasteiger partial charge in [0.2, 0.25) is 0 Å². The van der Waals surface area contributed by atoms with Gasteiger partial charge in [-0.05, 0) is 19.1 Å². The van der Waals surface area contributed by atoms with Crippen molar-refractivity contribution in [2.75, 3.05) is 11.5 Å². The third kappa shape index (κ3) is 3.02. The lowest BCUT2D eigenvalue weighted by Crippen LogP contribution is -2.18. The molecule has 0 saturated heterocycles. The van der Waals surface area contributed by atoms with Crippen molar-refractivity contribution in [2.24, 2.45) is 0 Å². The quantitative estimate of drug-likeness (QED) is 0.370. The van der Waals surface area contributed by atoms with E-state index in [9.17, 15) is 14.9 Å². The fraction of sp³-hybridized carbons (Fsp3) is 0.286. The molecule has 0 spiro atoms. The zero-order valence-corrected chi connectivity index (χ0v) is 13.4. The zero-order chi connectivity index (χ0) is 15.7. The van der Waals surface area contributed by atoms with Crippen molar-refractivity contribution in [1.29, 1.82) is 0 Å². The van der Waals surface area contributed by atoms with Crippen molar-refractivity contribution in [1.82, 2.24) is 9.55 Å². The van der Waals surface area contributed by atoms with Crippen LogP contribution in [0, 0.1) is 17.0 Å². The van der Waals surface area contributed by atoms with E-state index in [0.717, 1.165) is 27.3 Å². The van der Waals surface area contributed by atoms with Crippen LogP contribution in [0.4, 0.5) is 5.69 Å². The van der Waals surface area contributed by atoms with Crippen molar-refractivity contribution in [3.8, 4) is 0 Å². The van der Waals surface area contributed by atoms with Gasteiger partial charge < -0.3 is 4.57 Å². The Morgan fingerprint density at radius 1 is 1.45 bits per heavy atom. The van der Waals surface area contributed by atoms with E-state index in [0.29, 0.717) is 0 Å². The third-order valence-electron chi connectivity index (χ3n) is 3.38. The molecule has 0 aliphatic carbocycles. The van der Waals surface area contributed by atoms with Gasteiger partial charge in [-0.3, -0.25) is 14.9 Å². The fourth-order valence-corrected chi connectivity index (χ4v) is 4.67. The maximum absolute atomic E-state index is 11.4. The van der Waals surface area contributed by atoms with E-state index < -0.39 is 4.92 Å². The first-order valence-corrected chi connectivity index (χ1v) is 8.62. The molecule has 0 bridgehead atoms. The molecule has 8 heteroatoms. The summed E-state index contributed by atoms with van der Waals surface area (Å²) in [4.78, 5) is 26.7. The lowest BCUT2D eigenvalue weighted by atomic mass is 10.3. The summed E-state index contributed by atoms with van der Waals surface area (Å²) >= 11 is 3.25. The molecule has 0 N–H and O–H groups in total. The van der Waals surface area contributed by atoms with Gasteiger partial charge in [0.25, 0.3) is 11.2 Å². The molecule has 22 heavy (non-hydrogen) atoms. The van der Waals surface area contributed by atoms with Crippen molar-refractivity contribution in [2.45, 2.75) is 23.0 Å². The van der Waals surface area contributed by atoms with E-state index in [-0.39, 0.29) is 17.3 Å². The van der Waals surface area contributed by atoms with Gasteiger partial charge in [0.1, 0.15) is 0 Å². The molecule has 1 aliphatic heterocycles. The summed E-state index contributed by atoms with van der Waals surface area (Å²) < 4.78 is 2.10. The first-order valence-electron chi connectivity index (χ1n) is 6.65. The fourth-order valence-electron chi connectivity index (χ4n) is 2.35. The number of rotatable bonds is 4. The number of nitro benzene ring substituents is 1. The van der Waals surface area contributed by atoms with Crippen LogP contribution in [0.25, 0.3) is 0 Å². The van der Waals surface area contributed by atoms with Gasteiger partial charge in [-0.2, -0.15) is 4.98 Å². The predicted molar refractivity (Wildman–Crippen MR) is 86.8 cm³/mol. The average molecular weight is 335 g/mol. The summed E-state index contributed by atoms with van der Waals surface area (Å²) in [6.45, 7) is 1.92. The molecule has 0 amide bonds. The summed E-state index contributed by atoms with van der Waals surface area (Å²) in [6, 6.07) is 8.39. The minimum Gasteiger partial charge on any atom is -0.320 e. The van der Waals surface area contributed by atoms with Gasteiger partial charge in [0, 0.05) is 40.3 Å². The van der Waals surface area contributed by atoms with Gasteiger partial charge in [0.15, 0.2) is 5.16 Å². The van der Waals surface area contributed by atoms with Crippen LogP contribution in [0.1, 0.15) is 11.7 Å². The molecule has 1 unspecified atom stereocenters. The molecule has 3 rings (SSSR count). The van der Waals surface area contributed by atoms with Crippen molar-refractivity contribution in [3.05, 3.63) is 56.5 Å². The highest BCUT2D eigenvalue weighted by molar-refractivity contribution is 8.00. The number of aryl methyl sites for hydroxylation is 1. The van der Waals surface area contributed by atoms with Crippen LogP contribution in [0.3, 0.4) is 0 Å². The predicted octanol–water partition coefficient (Wildman–Crippen LogP) is 2.90. The second kappa shape index (κ2) is 6.13. The van der Waals surface area contributed by atoms with Gasteiger partial charge in [-0.25, -0.2) is 0 Å². The van der Waals surface area contributed by atoms with Crippen LogP contribution in [0.2, 0.25) is 0 Å². The normalized spacial score (nSPS) is 16.5. The number of nitro groups is 1. The van der Waals surface area contributed by atoms with Crippen LogP contribution in [-0.2, 0) is 0 Å². The Morgan fingerprint density at radius 2 is 2.18 bits per heavy atom. The standard InChI is InChI=1S/C14H13N3O3S2/c1-9-6-13(18)15-14-16(9)11(8-22-14)7-21-12-4-2-10(3-5-12)17(19)20/h2-6,11H,7-8H2,1H3. The van der Waals surface area contributed by atoms with E-state index >= 15 is 0 Å². The average Bonchev–Trinajstić information content (AvgIpc) is 2.88. The number of non-ortho nitro benzene ring substituents is 1. The Morgan fingerprint density at radius 3 is 2.86 bits per heavy atom. The molecule has 0 saturated carbocycles. The second-order valence-corrected chi connectivity index (χ2v) is 7.00. The SMILES string of the molecule is Cc1cc(=O)nc2n1C(CSc1ccc([N+](=O)[O-])cc1)CS2. The molecular weight excluding hydrogens is 322 g/mol. The van der Waals surface area contributed by atoms with Gasteiger partial charge in [-0.1, -0.05) is 11.8 Å². The summed E-state index contributed by atoms with van der Waals surface area (Å²) in [5, 5.41) is 11.4. The van der Waals surface area contributed by atoms with E-state index in [4.69, 9.17) is 0 Å². The Bertz CT molecular complexity index is 774. The highest BCUT2D eigenvalue weighted by Gasteiger charge is 2.24. The molecule has 0 fully saturated rings. The van der Waals surface area contributed by atoms with E-state index in [1.54, 1.807) is 41.7 Å². The van der Waals surface area contributed by atoms with Crippen molar-refractivity contribution >= 4 is 29.2 Å². The summed E-state index contributed by atoms with van der Waals surface area (Å²) in [6.07, 6.45) is 0. The van der Waals surface area contributed by atoms with Crippen LogP contribution in [0.5, 0.6) is 0 Å². The minimum absolute atomic E-state index is 0.100. The zero-order valence-electron chi connectivity index (χ0n) is 11.8. The number of thioether (sulfide) groups is 2. The van der Waals surface area contributed by atoms with Gasteiger partial charge in [-0.15, -0.1) is 11.8 Å². The number of nitrogens with zero attached hydrogens (tertiary/aromatic N) is 3. The smallest absolute Gasteiger partial charge is 0.273 e. The molecule has 2 aromatic rings. The molecule has 1 aromatic heterocycles. The lowest BCUT2D eigenvalue weighted by molar-refractivity contribution is -0.384. The Balaban J connectivity index is 1.71. The van der Waals surface area contributed by atoms with E-state index in [1.807, 2.05) is 6.92 Å². The molecule has 0 radical (unpaired) electrons. The van der Waals surface area contributed by atoms with Gasteiger partial charge in [0.05, 0.1) is 11.0 Å². The number of hydrogen-bond donors (Lipinski definition) is 0. The Labute approximate surface area is 135 Å². The van der Waals surface area contributed by atoms with Crippen LogP contribution < -0.4 is 5.56 Å². The molecule has 1 atom stereocenters. The largest absolute Gasteiger partial charge is 0.320 e. The monoisotopic (exact) mass is 335 g/mol. The summed E-state index contributed by atoms with van der Waals surface area (Å²) in [5.41, 5.74) is 0.831. The highest BCUT2D eigenvalue weighted by Crippen LogP contribution is 2.35. The molecule has 114 valence electrons. The molecule has 2 heterocycles. The minimum atomic E-state index is -0.399. The number of benzene rings is 1. The van der Waals surface area contributed by atoms with E-state index in [2.05, 4.69) is 9.55 Å². The lowest BCUT2D eigenvalue weighted by Gasteiger charge is -2.16. The number of fused-ring (bicyclic) bond motifs is 1. The maximum Gasteiger partial charge on any atom is 0.273 e. The first-order chi connectivity index (χ1) is 10.5. The Kier molecular flexibility index (Phi) is 4.21. The topological polar surface area (TPSA) is 78.0 Å². The molecule has 6 nitrogen and oxygen atoms in total. The van der Waals surface area contributed by atoms with Gasteiger partial charge >= 0.3 is 0 Å². The van der Waals surface area contributed by atoms with Crippen LogP contribution in [-0.4, -0.2) is 26.0 Å². The summed E-state index contributed by atoms with van der Waals surface area (Å²) in [5.74, 6) is 1.72.